The van der Waals surface area contributed by atoms with Crippen molar-refractivity contribution in [3.63, 3.8) is 0 Å². The van der Waals surface area contributed by atoms with Crippen molar-refractivity contribution in [2.75, 3.05) is 13.7 Å². The van der Waals surface area contributed by atoms with Gasteiger partial charge in [-0.05, 0) is 17.7 Å². The molecule has 0 amide bonds. The Morgan fingerprint density at radius 3 is 2.56 bits per heavy atom. The van der Waals surface area contributed by atoms with E-state index in [1.165, 1.54) is 0 Å². The van der Waals surface area contributed by atoms with Gasteiger partial charge in [0.05, 0.1) is 20.3 Å². The minimum Gasteiger partial charge on any atom is -0.497 e. The third-order valence-electron chi connectivity index (χ3n) is 2.04. The van der Waals surface area contributed by atoms with E-state index in [1.807, 2.05) is 30.3 Å². The number of methoxy groups -OCH3 is 1. The maximum atomic E-state index is 10.0. The Labute approximate surface area is 95.7 Å². The van der Waals surface area contributed by atoms with Gasteiger partial charge in [0.1, 0.15) is 12.0 Å². The number of carbonyl (C=O) groups is 1. The summed E-state index contributed by atoms with van der Waals surface area (Å²) < 4.78 is 10.5. The van der Waals surface area contributed by atoms with Gasteiger partial charge in [0.15, 0.2) is 0 Å². The molecule has 0 heterocycles. The van der Waals surface area contributed by atoms with Crippen LogP contribution in [0.5, 0.6) is 5.75 Å². The molecule has 0 aliphatic rings. The van der Waals surface area contributed by atoms with Crippen LogP contribution in [-0.4, -0.2) is 20.0 Å². The molecule has 1 rings (SSSR count). The number of rotatable bonds is 7. The zero-order chi connectivity index (χ0) is 11.6. The van der Waals surface area contributed by atoms with Crippen molar-refractivity contribution in [2.24, 2.45) is 0 Å². The summed E-state index contributed by atoms with van der Waals surface area (Å²) in [6.07, 6.45) is 4.95. The average Bonchev–Trinajstić information content (AvgIpc) is 2.34. The summed E-state index contributed by atoms with van der Waals surface area (Å²) in [5, 5.41) is 0. The van der Waals surface area contributed by atoms with Crippen LogP contribution < -0.4 is 4.74 Å². The van der Waals surface area contributed by atoms with Crippen molar-refractivity contribution in [3.05, 3.63) is 42.0 Å². The first kappa shape index (κ1) is 12.5. The van der Waals surface area contributed by atoms with E-state index in [0.29, 0.717) is 19.6 Å². The minimum absolute atomic E-state index is 0.450. The van der Waals surface area contributed by atoms with E-state index in [2.05, 4.69) is 0 Å². The van der Waals surface area contributed by atoms with Crippen LogP contribution in [0, 0.1) is 0 Å². The molecule has 1 aromatic carbocycles. The first-order valence-electron chi connectivity index (χ1n) is 5.16. The number of carbonyl (C=O) groups excluding carboxylic acids is 1. The molecule has 0 radical (unpaired) electrons. The Morgan fingerprint density at radius 2 is 1.94 bits per heavy atom. The van der Waals surface area contributed by atoms with Gasteiger partial charge in [-0.15, -0.1) is 0 Å². The Balaban J connectivity index is 2.23. The number of allylic oxidation sites excluding steroid dienone is 1. The lowest BCUT2D eigenvalue weighted by Crippen LogP contribution is -1.93. The normalized spacial score (nSPS) is 10.6. The predicted octanol–water partition coefficient (Wildman–Crippen LogP) is 2.36. The minimum atomic E-state index is 0.450. The van der Waals surface area contributed by atoms with Crippen LogP contribution >= 0.6 is 0 Å². The molecule has 0 fully saturated rings. The van der Waals surface area contributed by atoms with Crippen molar-refractivity contribution in [3.8, 4) is 5.75 Å². The first-order valence-corrected chi connectivity index (χ1v) is 5.16. The highest BCUT2D eigenvalue weighted by Gasteiger charge is 1.93. The second kappa shape index (κ2) is 7.65. The van der Waals surface area contributed by atoms with Crippen LogP contribution in [0.25, 0.3) is 0 Å². The van der Waals surface area contributed by atoms with Crippen LogP contribution in [-0.2, 0) is 16.1 Å². The summed E-state index contributed by atoms with van der Waals surface area (Å²) >= 11 is 0. The third kappa shape index (κ3) is 4.75. The van der Waals surface area contributed by atoms with Crippen LogP contribution in [0.4, 0.5) is 0 Å². The van der Waals surface area contributed by atoms with E-state index in [-0.39, 0.29) is 0 Å². The number of hydrogen-bond acceptors (Lipinski definition) is 3. The highest BCUT2D eigenvalue weighted by molar-refractivity contribution is 5.51. The summed E-state index contributed by atoms with van der Waals surface area (Å²) in [6.45, 7) is 1.09. The van der Waals surface area contributed by atoms with Crippen LogP contribution in [0.3, 0.4) is 0 Å². The number of aldehydes is 1. The Kier molecular flexibility index (Phi) is 5.96. The van der Waals surface area contributed by atoms with Crippen LogP contribution in [0.1, 0.15) is 12.0 Å². The smallest absolute Gasteiger partial charge is 0.123 e. The fourth-order valence-corrected chi connectivity index (χ4v) is 1.19. The molecule has 1 aromatic rings. The summed E-state index contributed by atoms with van der Waals surface area (Å²) in [4.78, 5) is 10.0. The monoisotopic (exact) mass is 220 g/mol. The van der Waals surface area contributed by atoms with Crippen molar-refractivity contribution >= 4 is 6.29 Å². The second-order valence-corrected chi connectivity index (χ2v) is 3.24. The molecule has 0 N–H and O–H groups in total. The van der Waals surface area contributed by atoms with Crippen LogP contribution in [0.2, 0.25) is 0 Å². The van der Waals surface area contributed by atoms with Crippen molar-refractivity contribution in [2.45, 2.75) is 13.0 Å². The zero-order valence-corrected chi connectivity index (χ0v) is 9.39. The zero-order valence-electron chi connectivity index (χ0n) is 9.39. The molecule has 0 unspecified atom stereocenters. The largest absolute Gasteiger partial charge is 0.497 e. The van der Waals surface area contributed by atoms with Gasteiger partial charge in [-0.1, -0.05) is 24.3 Å². The molecular weight excluding hydrogens is 204 g/mol. The molecule has 0 bridgehead atoms. The SMILES string of the molecule is COc1ccc(COC/C=C/CC=O)cc1. The molecule has 0 aliphatic carbocycles. The van der Waals surface area contributed by atoms with Gasteiger partial charge in [0, 0.05) is 6.42 Å². The Bertz CT molecular complexity index is 328. The van der Waals surface area contributed by atoms with Gasteiger partial charge < -0.3 is 14.3 Å². The van der Waals surface area contributed by atoms with E-state index in [4.69, 9.17) is 9.47 Å². The molecule has 16 heavy (non-hydrogen) atoms. The molecule has 0 spiro atoms. The predicted molar refractivity (Wildman–Crippen MR) is 62.5 cm³/mol. The average molecular weight is 220 g/mol. The topological polar surface area (TPSA) is 35.5 Å². The highest BCUT2D eigenvalue weighted by Crippen LogP contribution is 2.11. The first-order chi connectivity index (χ1) is 7.86. The number of hydrogen-bond donors (Lipinski definition) is 0. The third-order valence-corrected chi connectivity index (χ3v) is 2.04. The quantitative estimate of drug-likeness (QED) is 0.402. The summed E-state index contributed by atoms with van der Waals surface area (Å²) in [6, 6.07) is 7.74. The molecule has 0 saturated carbocycles. The number of ether oxygens (including phenoxy) is 2. The van der Waals surface area contributed by atoms with Gasteiger partial charge >= 0.3 is 0 Å². The van der Waals surface area contributed by atoms with Gasteiger partial charge in [-0.3, -0.25) is 0 Å². The number of benzene rings is 1. The molecule has 3 nitrogen and oxygen atoms in total. The lowest BCUT2D eigenvalue weighted by Gasteiger charge is -2.03. The maximum Gasteiger partial charge on any atom is 0.123 e. The molecule has 86 valence electrons. The maximum absolute atomic E-state index is 10.0. The molecule has 0 atom stereocenters. The fraction of sp³-hybridized carbons (Fsp3) is 0.308. The standard InChI is InChI=1S/C13H16O3/c1-15-13-7-5-12(6-8-13)11-16-10-4-2-3-9-14/h2,4-9H,3,10-11H2,1H3/b4-2+. The molecule has 0 saturated heterocycles. The lowest BCUT2D eigenvalue weighted by atomic mass is 10.2. The van der Waals surface area contributed by atoms with Gasteiger partial charge in [0.2, 0.25) is 0 Å². The lowest BCUT2D eigenvalue weighted by molar-refractivity contribution is -0.107. The van der Waals surface area contributed by atoms with Crippen LogP contribution in [0.15, 0.2) is 36.4 Å². The van der Waals surface area contributed by atoms with Gasteiger partial charge in [-0.25, -0.2) is 0 Å². The van der Waals surface area contributed by atoms with E-state index >= 15 is 0 Å². The van der Waals surface area contributed by atoms with E-state index < -0.39 is 0 Å². The van der Waals surface area contributed by atoms with Gasteiger partial charge in [0.25, 0.3) is 0 Å². The summed E-state index contributed by atoms with van der Waals surface area (Å²) in [5.74, 6) is 0.842. The fourth-order valence-electron chi connectivity index (χ4n) is 1.19. The van der Waals surface area contributed by atoms with E-state index in [9.17, 15) is 4.79 Å². The van der Waals surface area contributed by atoms with Crippen molar-refractivity contribution < 1.29 is 14.3 Å². The molecule has 0 aliphatic heterocycles. The van der Waals surface area contributed by atoms with E-state index in [1.54, 1.807) is 13.2 Å². The second-order valence-electron chi connectivity index (χ2n) is 3.24. The molecule has 3 heteroatoms. The highest BCUT2D eigenvalue weighted by atomic mass is 16.5. The van der Waals surface area contributed by atoms with Crippen molar-refractivity contribution in [1.82, 2.24) is 0 Å². The molecular formula is C13H16O3. The van der Waals surface area contributed by atoms with Gasteiger partial charge in [-0.2, -0.15) is 0 Å². The summed E-state index contributed by atoms with van der Waals surface area (Å²) in [5.41, 5.74) is 1.10. The molecule has 0 aromatic heterocycles. The van der Waals surface area contributed by atoms with E-state index in [0.717, 1.165) is 17.6 Å². The Morgan fingerprint density at radius 1 is 1.19 bits per heavy atom. The summed E-state index contributed by atoms with van der Waals surface area (Å²) in [7, 11) is 1.64. The van der Waals surface area contributed by atoms with Crippen molar-refractivity contribution in [1.29, 1.82) is 0 Å². The Hall–Kier alpha value is -1.61.